The topological polar surface area (TPSA) is 57.6 Å². The fourth-order valence-corrected chi connectivity index (χ4v) is 2.56. The lowest BCUT2D eigenvalue weighted by Gasteiger charge is -2.16. The van der Waals surface area contributed by atoms with Crippen molar-refractivity contribution in [2.24, 2.45) is 0 Å². The van der Waals surface area contributed by atoms with Crippen LogP contribution >= 0.6 is 15.9 Å². The number of carbonyl (C=O) groups is 2. The molecule has 0 aliphatic carbocycles. The first kappa shape index (κ1) is 12.9. The summed E-state index contributed by atoms with van der Waals surface area (Å²) in [7, 11) is 0. The van der Waals surface area contributed by atoms with Crippen LogP contribution < -0.4 is 4.90 Å². The summed E-state index contributed by atoms with van der Waals surface area (Å²) in [6, 6.07) is 11.7. The second kappa shape index (κ2) is 4.76. The van der Waals surface area contributed by atoms with E-state index in [9.17, 15) is 14.7 Å². The molecule has 0 aromatic heterocycles. The number of fused-ring (bicyclic) bond motifs is 1. The summed E-state index contributed by atoms with van der Waals surface area (Å²) in [5, 5.41) is 9.26. The first-order chi connectivity index (χ1) is 9.56. The minimum Gasteiger partial charge on any atom is -0.508 e. The molecule has 0 bridgehead atoms. The van der Waals surface area contributed by atoms with Crippen LogP contribution in [0.4, 0.5) is 5.69 Å². The molecule has 5 heteroatoms. The van der Waals surface area contributed by atoms with E-state index in [0.717, 1.165) is 10.0 Å². The van der Waals surface area contributed by atoms with Crippen LogP contribution in [0.2, 0.25) is 0 Å². The van der Waals surface area contributed by atoms with Crippen molar-refractivity contribution in [3.8, 4) is 5.75 Å². The predicted molar refractivity (Wildman–Crippen MR) is 77.8 cm³/mol. The van der Waals surface area contributed by atoms with E-state index in [1.807, 2.05) is 0 Å². The van der Waals surface area contributed by atoms with Crippen LogP contribution in [0.1, 0.15) is 15.9 Å². The fraction of sp³-hybridized carbons (Fsp3) is 0.0667. The van der Waals surface area contributed by atoms with Crippen LogP contribution in [0.25, 0.3) is 0 Å². The second-order valence-corrected chi connectivity index (χ2v) is 5.46. The standard InChI is InChI=1S/C15H10BrNO3/c16-10-3-6-12-13(7-10)17(15(20)14(12)19)8-9-1-4-11(18)5-2-9/h1-7,18H,8H2. The van der Waals surface area contributed by atoms with Gasteiger partial charge in [-0.1, -0.05) is 28.1 Å². The van der Waals surface area contributed by atoms with Gasteiger partial charge in [-0.2, -0.15) is 0 Å². The first-order valence-electron chi connectivity index (χ1n) is 6.00. The molecule has 1 heterocycles. The molecule has 3 rings (SSSR count). The van der Waals surface area contributed by atoms with Crippen molar-refractivity contribution < 1.29 is 14.7 Å². The number of benzene rings is 2. The minimum absolute atomic E-state index is 0.167. The molecule has 1 amide bonds. The van der Waals surface area contributed by atoms with Gasteiger partial charge in [0.25, 0.3) is 11.7 Å². The highest BCUT2D eigenvalue weighted by Crippen LogP contribution is 2.32. The Morgan fingerprint density at radius 1 is 1.05 bits per heavy atom. The molecule has 0 unspecified atom stereocenters. The SMILES string of the molecule is O=C1C(=O)N(Cc2ccc(O)cc2)c2cc(Br)ccc21. The number of anilines is 1. The number of Topliss-reactive ketones (excluding diaryl/α,β-unsaturated/α-hetero) is 1. The van der Waals surface area contributed by atoms with E-state index < -0.39 is 11.7 Å². The van der Waals surface area contributed by atoms with Gasteiger partial charge in [0, 0.05) is 4.47 Å². The lowest BCUT2D eigenvalue weighted by Crippen LogP contribution is -2.29. The molecule has 2 aromatic carbocycles. The van der Waals surface area contributed by atoms with E-state index in [1.165, 1.54) is 4.90 Å². The van der Waals surface area contributed by atoms with Crippen molar-refractivity contribution >= 4 is 33.3 Å². The summed E-state index contributed by atoms with van der Waals surface area (Å²) in [6.07, 6.45) is 0. The number of nitrogens with zero attached hydrogens (tertiary/aromatic N) is 1. The van der Waals surface area contributed by atoms with Crippen molar-refractivity contribution in [3.05, 3.63) is 58.1 Å². The van der Waals surface area contributed by atoms with Crippen LogP contribution in [-0.2, 0) is 11.3 Å². The lowest BCUT2D eigenvalue weighted by atomic mass is 10.1. The van der Waals surface area contributed by atoms with Gasteiger partial charge in [-0.25, -0.2) is 0 Å². The van der Waals surface area contributed by atoms with E-state index in [2.05, 4.69) is 15.9 Å². The van der Waals surface area contributed by atoms with Gasteiger partial charge < -0.3 is 10.0 Å². The highest BCUT2D eigenvalue weighted by atomic mass is 79.9. The van der Waals surface area contributed by atoms with Crippen LogP contribution in [0.15, 0.2) is 46.9 Å². The molecular formula is C15H10BrNO3. The molecule has 0 saturated carbocycles. The Bertz CT molecular complexity index is 710. The average molecular weight is 332 g/mol. The number of carbonyl (C=O) groups excluding carboxylic acids is 2. The molecule has 1 aliphatic heterocycles. The summed E-state index contributed by atoms with van der Waals surface area (Å²) < 4.78 is 0.814. The summed E-state index contributed by atoms with van der Waals surface area (Å²) in [5.74, 6) is -0.835. The largest absolute Gasteiger partial charge is 0.508 e. The van der Waals surface area contributed by atoms with Crippen molar-refractivity contribution in [3.63, 3.8) is 0 Å². The third-order valence-corrected chi connectivity index (χ3v) is 3.70. The Kier molecular flexibility index (Phi) is 3.06. The quantitative estimate of drug-likeness (QED) is 0.861. The Morgan fingerprint density at radius 2 is 1.75 bits per heavy atom. The smallest absolute Gasteiger partial charge is 0.299 e. The molecule has 0 saturated heterocycles. The van der Waals surface area contributed by atoms with E-state index in [1.54, 1.807) is 42.5 Å². The summed E-state index contributed by atoms with van der Waals surface area (Å²) in [6.45, 7) is 0.300. The average Bonchev–Trinajstić information content (AvgIpc) is 2.66. The monoisotopic (exact) mass is 331 g/mol. The molecule has 20 heavy (non-hydrogen) atoms. The molecule has 0 atom stereocenters. The van der Waals surface area contributed by atoms with Gasteiger partial charge in [0.15, 0.2) is 0 Å². The van der Waals surface area contributed by atoms with E-state index >= 15 is 0 Å². The number of rotatable bonds is 2. The Hall–Kier alpha value is -2.14. The summed E-state index contributed by atoms with van der Waals surface area (Å²) in [4.78, 5) is 25.4. The van der Waals surface area contributed by atoms with Gasteiger partial charge in [0.05, 0.1) is 17.8 Å². The number of phenolic OH excluding ortho intramolecular Hbond substituents is 1. The van der Waals surface area contributed by atoms with Gasteiger partial charge in [0.1, 0.15) is 5.75 Å². The maximum Gasteiger partial charge on any atom is 0.299 e. The number of hydrogen-bond acceptors (Lipinski definition) is 3. The molecule has 0 spiro atoms. The molecule has 2 aromatic rings. The highest BCUT2D eigenvalue weighted by Gasteiger charge is 2.35. The molecule has 1 aliphatic rings. The van der Waals surface area contributed by atoms with Gasteiger partial charge >= 0.3 is 0 Å². The van der Waals surface area contributed by atoms with Gasteiger partial charge in [-0.3, -0.25) is 9.59 Å². The van der Waals surface area contributed by atoms with Crippen LogP contribution in [0.3, 0.4) is 0 Å². The molecule has 100 valence electrons. The normalized spacial score (nSPS) is 13.8. The number of halogens is 1. The predicted octanol–water partition coefficient (Wildman–Crippen LogP) is 2.88. The van der Waals surface area contributed by atoms with Crippen molar-refractivity contribution in [2.45, 2.75) is 6.54 Å². The Morgan fingerprint density at radius 3 is 2.45 bits per heavy atom. The van der Waals surface area contributed by atoms with Crippen molar-refractivity contribution in [1.82, 2.24) is 0 Å². The Labute approximate surface area is 123 Å². The van der Waals surface area contributed by atoms with Crippen LogP contribution in [0.5, 0.6) is 5.75 Å². The Balaban J connectivity index is 1.98. The first-order valence-corrected chi connectivity index (χ1v) is 6.79. The molecule has 0 fully saturated rings. The maximum atomic E-state index is 12.1. The van der Waals surface area contributed by atoms with E-state index in [4.69, 9.17) is 0 Å². The fourth-order valence-electron chi connectivity index (χ4n) is 2.21. The molecule has 0 radical (unpaired) electrons. The van der Waals surface area contributed by atoms with Crippen LogP contribution in [-0.4, -0.2) is 16.8 Å². The number of ketones is 1. The maximum absolute atomic E-state index is 12.1. The molecular weight excluding hydrogens is 322 g/mol. The second-order valence-electron chi connectivity index (χ2n) is 4.55. The van der Waals surface area contributed by atoms with Crippen molar-refractivity contribution in [1.29, 1.82) is 0 Å². The minimum atomic E-state index is -0.522. The number of amides is 1. The number of hydrogen-bond donors (Lipinski definition) is 1. The van der Waals surface area contributed by atoms with Gasteiger partial charge in [-0.05, 0) is 35.9 Å². The highest BCUT2D eigenvalue weighted by molar-refractivity contribution is 9.10. The molecule has 4 nitrogen and oxygen atoms in total. The van der Waals surface area contributed by atoms with E-state index in [-0.39, 0.29) is 5.75 Å². The lowest BCUT2D eigenvalue weighted by molar-refractivity contribution is -0.114. The van der Waals surface area contributed by atoms with E-state index in [0.29, 0.717) is 17.8 Å². The zero-order chi connectivity index (χ0) is 14.3. The van der Waals surface area contributed by atoms with Crippen molar-refractivity contribution in [2.75, 3.05) is 4.90 Å². The number of phenols is 1. The zero-order valence-electron chi connectivity index (χ0n) is 10.3. The molecule has 1 N–H and O–H groups in total. The summed E-state index contributed by atoms with van der Waals surface area (Å²) in [5.41, 5.74) is 1.89. The third kappa shape index (κ3) is 2.10. The summed E-state index contributed by atoms with van der Waals surface area (Å²) >= 11 is 3.34. The third-order valence-electron chi connectivity index (χ3n) is 3.21. The van der Waals surface area contributed by atoms with Gasteiger partial charge in [0.2, 0.25) is 0 Å². The van der Waals surface area contributed by atoms with Gasteiger partial charge in [-0.15, -0.1) is 0 Å². The van der Waals surface area contributed by atoms with Crippen LogP contribution in [0, 0.1) is 0 Å². The zero-order valence-corrected chi connectivity index (χ0v) is 11.9. The number of aromatic hydroxyl groups is 1.